The van der Waals surface area contributed by atoms with Gasteiger partial charge in [-0.3, -0.25) is 0 Å². The first-order valence-electron chi connectivity index (χ1n) is 14.7. The first kappa shape index (κ1) is 32.7. The van der Waals surface area contributed by atoms with Crippen LogP contribution in [0.3, 0.4) is 0 Å². The van der Waals surface area contributed by atoms with Crippen molar-refractivity contribution in [3.63, 3.8) is 0 Å². The zero-order chi connectivity index (χ0) is 30.2. The van der Waals surface area contributed by atoms with Crippen LogP contribution in [0.1, 0.15) is 36.1 Å². The molecule has 0 spiro atoms. The molecule has 6 aromatic carbocycles. The molecule has 0 aliphatic heterocycles. The second-order valence-electron chi connectivity index (χ2n) is 11.0. The van der Waals surface area contributed by atoms with Crippen molar-refractivity contribution in [2.75, 3.05) is 0 Å². The van der Waals surface area contributed by atoms with Crippen LogP contribution in [0.15, 0.2) is 109 Å². The van der Waals surface area contributed by atoms with Gasteiger partial charge in [-0.25, -0.2) is 0 Å². The summed E-state index contributed by atoms with van der Waals surface area (Å²) >= 11 is -1.65. The molecule has 0 saturated carbocycles. The van der Waals surface area contributed by atoms with Gasteiger partial charge in [0.1, 0.15) is 0 Å². The first-order chi connectivity index (χ1) is 20.2. The van der Waals surface area contributed by atoms with Crippen LogP contribution < -0.4 is 0 Å². The fraction of sp³-hybridized carbons (Fsp3) is 0.211. The van der Waals surface area contributed by atoms with Crippen LogP contribution in [0.2, 0.25) is 13.1 Å². The van der Waals surface area contributed by atoms with Crippen molar-refractivity contribution in [1.82, 2.24) is 0 Å². The van der Waals surface area contributed by atoms with E-state index in [1.54, 1.807) is 0 Å². The number of benzene rings is 4. The topological polar surface area (TPSA) is 0 Å². The fourth-order valence-electron chi connectivity index (χ4n) is 5.11. The zero-order valence-corrected chi connectivity index (χ0v) is 30.5. The van der Waals surface area contributed by atoms with Crippen LogP contribution in [0.4, 0.5) is 0 Å². The summed E-state index contributed by atoms with van der Waals surface area (Å²) < 4.78 is 0. The third kappa shape index (κ3) is 8.45. The minimum atomic E-state index is -1.65. The Morgan fingerprint density at radius 1 is 0.595 bits per heavy atom. The molecule has 0 heterocycles. The SMILES string of the molecule is CCc1ccc(-c2cccc3[cH-]c(C)cc23)cc1.CCc1ccc(-c2cccc3[cH-]c(C)cc23)cc1.C[Si](C)=[Zr]([Cl])[Cl]. The number of aryl methyl sites for hydroxylation is 4. The molecule has 0 fully saturated rings. The Labute approximate surface area is 267 Å². The quantitative estimate of drug-likeness (QED) is 0.128. The van der Waals surface area contributed by atoms with E-state index in [9.17, 15) is 0 Å². The molecule has 0 unspecified atom stereocenters. The van der Waals surface area contributed by atoms with Gasteiger partial charge in [0.25, 0.3) is 0 Å². The second-order valence-corrected chi connectivity index (χ2v) is 34.0. The molecule has 0 saturated heterocycles. The third-order valence-electron chi connectivity index (χ3n) is 7.51. The molecular weight excluding hydrogens is 647 g/mol. The van der Waals surface area contributed by atoms with Gasteiger partial charge < -0.3 is 0 Å². The summed E-state index contributed by atoms with van der Waals surface area (Å²) in [5.74, 6) is 0. The van der Waals surface area contributed by atoms with Crippen LogP contribution in [0.25, 0.3) is 43.8 Å². The molecule has 216 valence electrons. The van der Waals surface area contributed by atoms with Crippen LogP contribution in [0, 0.1) is 13.8 Å². The summed E-state index contributed by atoms with van der Waals surface area (Å²) in [5.41, 5.74) is 10.5. The van der Waals surface area contributed by atoms with Gasteiger partial charge in [-0.2, -0.15) is 12.1 Å². The van der Waals surface area contributed by atoms with Crippen molar-refractivity contribution >= 4 is 44.0 Å². The molecule has 0 aliphatic rings. The average molecular weight is 687 g/mol. The van der Waals surface area contributed by atoms with E-state index >= 15 is 0 Å². The Bertz CT molecular complexity index is 1650. The number of hydrogen-bond acceptors (Lipinski definition) is 0. The van der Waals surface area contributed by atoms with Gasteiger partial charge in [0.2, 0.25) is 0 Å². The maximum atomic E-state index is 5.62. The molecule has 6 aromatic rings. The molecule has 0 radical (unpaired) electrons. The molecule has 0 nitrogen and oxygen atoms in total. The van der Waals surface area contributed by atoms with Gasteiger partial charge in [0.15, 0.2) is 0 Å². The average Bonchev–Trinajstić information content (AvgIpc) is 3.58. The van der Waals surface area contributed by atoms with E-state index in [2.05, 4.69) is 150 Å². The molecule has 6 rings (SSSR count). The molecule has 4 heteroatoms. The van der Waals surface area contributed by atoms with Crippen molar-refractivity contribution < 1.29 is 18.0 Å². The second kappa shape index (κ2) is 15.5. The Kier molecular flexibility index (Phi) is 12.1. The van der Waals surface area contributed by atoms with Gasteiger partial charge in [0, 0.05) is 0 Å². The van der Waals surface area contributed by atoms with Crippen molar-refractivity contribution in [1.29, 1.82) is 0 Å². The molecule has 0 aliphatic carbocycles. The van der Waals surface area contributed by atoms with Crippen LogP contribution in [-0.4, -0.2) is 5.43 Å². The van der Waals surface area contributed by atoms with E-state index in [1.165, 1.54) is 66.1 Å². The molecule has 42 heavy (non-hydrogen) atoms. The monoisotopic (exact) mass is 684 g/mol. The number of halogens is 2. The minimum absolute atomic E-state index is 0.224. The summed E-state index contributed by atoms with van der Waals surface area (Å²) in [5, 5.41) is 5.40. The molecule has 0 amide bonds. The van der Waals surface area contributed by atoms with Gasteiger partial charge in [-0.05, 0) is 35.1 Å². The van der Waals surface area contributed by atoms with Crippen LogP contribution >= 0.6 is 17.0 Å². The Balaban J connectivity index is 0.000000162. The van der Waals surface area contributed by atoms with Crippen LogP contribution in [0.5, 0.6) is 0 Å². The Morgan fingerprint density at radius 3 is 1.26 bits per heavy atom. The van der Waals surface area contributed by atoms with Gasteiger partial charge in [0.05, 0.1) is 0 Å². The van der Waals surface area contributed by atoms with Crippen molar-refractivity contribution in [3.05, 3.63) is 131 Å². The summed E-state index contributed by atoms with van der Waals surface area (Å²) in [7, 11) is 11.2. The molecule has 0 aromatic heterocycles. The zero-order valence-electron chi connectivity index (χ0n) is 25.6. The van der Waals surface area contributed by atoms with Crippen molar-refractivity contribution in [3.8, 4) is 22.3 Å². The molecule has 0 atom stereocenters. The third-order valence-corrected chi connectivity index (χ3v) is 27.3. The molecule has 0 N–H and O–H groups in total. The van der Waals surface area contributed by atoms with E-state index in [0.29, 0.717) is 0 Å². The summed E-state index contributed by atoms with van der Waals surface area (Å²) in [4.78, 5) is 0. The number of rotatable bonds is 4. The van der Waals surface area contributed by atoms with Crippen LogP contribution in [-0.2, 0) is 30.8 Å². The fourth-order valence-corrected chi connectivity index (χ4v) is 5.11. The van der Waals surface area contributed by atoms with Gasteiger partial charge in [-0.15, -0.1) is 69.1 Å². The Morgan fingerprint density at radius 2 is 0.952 bits per heavy atom. The first-order valence-corrected chi connectivity index (χ1v) is 27.2. The molecular formula is C38H40Cl2SiZr-2. The normalized spacial score (nSPS) is 10.6. The van der Waals surface area contributed by atoms with Crippen molar-refractivity contribution in [2.45, 2.75) is 53.6 Å². The predicted octanol–water partition coefficient (Wildman–Crippen LogP) is 12.4. The number of fused-ring (bicyclic) bond motifs is 2. The molecule has 0 bridgehead atoms. The Hall–Kier alpha value is -2.22. The summed E-state index contributed by atoms with van der Waals surface area (Å²) in [6.45, 7) is 13.0. The van der Waals surface area contributed by atoms with E-state index < -0.39 is 18.0 Å². The predicted molar refractivity (Wildman–Crippen MR) is 187 cm³/mol. The summed E-state index contributed by atoms with van der Waals surface area (Å²) in [6.07, 6.45) is 2.19. The van der Waals surface area contributed by atoms with Gasteiger partial charge in [-0.1, -0.05) is 99.5 Å². The number of hydrogen-bond donors (Lipinski definition) is 0. The van der Waals surface area contributed by atoms with E-state index in [1.807, 2.05) is 0 Å². The van der Waals surface area contributed by atoms with Gasteiger partial charge >= 0.3 is 53.5 Å². The standard InChI is InChI=1S/2C18H17.C2H6Si.2ClH.Zr/c2*1-3-14-7-9-15(10-8-14)17-6-4-5-16-11-13(2)12-18(16)17;1-3-2;;;/h2*4-12H,3H2,1-2H3;1-2H3;2*1H;/q2*-1;;;;+2/p-2. The van der Waals surface area contributed by atoms with E-state index in [-0.39, 0.29) is 5.43 Å². The van der Waals surface area contributed by atoms with E-state index in [4.69, 9.17) is 17.0 Å². The van der Waals surface area contributed by atoms with Crippen molar-refractivity contribution in [2.24, 2.45) is 0 Å². The maximum absolute atomic E-state index is 5.62. The summed E-state index contributed by atoms with van der Waals surface area (Å²) in [6, 6.07) is 40.0. The van der Waals surface area contributed by atoms with E-state index in [0.717, 1.165) is 12.8 Å².